The van der Waals surface area contributed by atoms with E-state index in [0.29, 0.717) is 10.9 Å². The zero-order chi connectivity index (χ0) is 14.3. The van der Waals surface area contributed by atoms with Crippen molar-refractivity contribution >= 4 is 26.8 Å². The van der Waals surface area contributed by atoms with Crippen LogP contribution in [0.25, 0.3) is 22.3 Å². The number of para-hydroxylation sites is 1. The maximum absolute atomic E-state index is 13.9. The van der Waals surface area contributed by atoms with Crippen LogP contribution in [-0.2, 0) is 0 Å². The number of aromatic amines is 1. The van der Waals surface area contributed by atoms with Crippen LogP contribution in [-0.4, -0.2) is 9.97 Å². The maximum Gasteiger partial charge on any atom is 0.259 e. The largest absolute Gasteiger partial charge is 0.306 e. The second-order valence-electron chi connectivity index (χ2n) is 4.18. The van der Waals surface area contributed by atoms with Crippen LogP contribution in [0.5, 0.6) is 0 Å². The summed E-state index contributed by atoms with van der Waals surface area (Å²) in [6.07, 6.45) is 0. The average Bonchev–Trinajstić information content (AvgIpc) is 2.37. The van der Waals surface area contributed by atoms with Gasteiger partial charge < -0.3 is 4.98 Å². The van der Waals surface area contributed by atoms with Crippen LogP contribution < -0.4 is 5.56 Å². The number of aromatic nitrogens is 2. The topological polar surface area (TPSA) is 45.8 Å². The Kier molecular flexibility index (Phi) is 3.10. The minimum Gasteiger partial charge on any atom is -0.306 e. The maximum atomic E-state index is 13.9. The molecule has 0 fully saturated rings. The Bertz CT molecular complexity index is 853. The van der Waals surface area contributed by atoms with Gasteiger partial charge in [0.05, 0.1) is 16.5 Å². The predicted octanol–water partition coefficient (Wildman–Crippen LogP) is 3.63. The van der Waals surface area contributed by atoms with Gasteiger partial charge in [0.25, 0.3) is 5.56 Å². The number of nitrogens with one attached hydrogen (secondary N) is 1. The first-order valence-electron chi connectivity index (χ1n) is 5.70. The average molecular weight is 337 g/mol. The van der Waals surface area contributed by atoms with Crippen molar-refractivity contribution in [1.29, 1.82) is 0 Å². The lowest BCUT2D eigenvalue weighted by atomic mass is 10.1. The molecular formula is C14H7BrF2N2O. The SMILES string of the molecule is O=c1[nH]c(-c2c(F)cc(F)cc2Br)nc2ccccc12. The third-order valence-corrected chi connectivity index (χ3v) is 3.48. The van der Waals surface area contributed by atoms with Gasteiger partial charge in [-0.15, -0.1) is 0 Å². The quantitative estimate of drug-likeness (QED) is 0.737. The van der Waals surface area contributed by atoms with Gasteiger partial charge in [0.15, 0.2) is 0 Å². The van der Waals surface area contributed by atoms with Crippen molar-refractivity contribution in [1.82, 2.24) is 9.97 Å². The van der Waals surface area contributed by atoms with Gasteiger partial charge in [0.2, 0.25) is 0 Å². The Balaban J connectivity index is 2.33. The van der Waals surface area contributed by atoms with E-state index in [0.717, 1.165) is 12.1 Å². The summed E-state index contributed by atoms with van der Waals surface area (Å²) >= 11 is 3.08. The van der Waals surface area contributed by atoms with Crippen molar-refractivity contribution in [3.8, 4) is 11.4 Å². The number of H-pyrrole nitrogens is 1. The summed E-state index contributed by atoms with van der Waals surface area (Å²) in [7, 11) is 0. The molecule has 0 aliphatic carbocycles. The molecule has 0 saturated carbocycles. The Morgan fingerprint density at radius 3 is 2.65 bits per heavy atom. The highest BCUT2D eigenvalue weighted by molar-refractivity contribution is 9.10. The van der Waals surface area contributed by atoms with Crippen molar-refractivity contribution < 1.29 is 8.78 Å². The number of nitrogens with zero attached hydrogens (tertiary/aromatic N) is 1. The van der Waals surface area contributed by atoms with Gasteiger partial charge in [-0.1, -0.05) is 12.1 Å². The van der Waals surface area contributed by atoms with Gasteiger partial charge in [-0.05, 0) is 34.1 Å². The number of halogens is 3. The lowest BCUT2D eigenvalue weighted by molar-refractivity contribution is 0.583. The van der Waals surface area contributed by atoms with E-state index in [1.807, 2.05) is 0 Å². The van der Waals surface area contributed by atoms with E-state index in [2.05, 4.69) is 25.9 Å². The second kappa shape index (κ2) is 4.79. The molecule has 0 spiro atoms. The Hall–Kier alpha value is -2.08. The van der Waals surface area contributed by atoms with E-state index in [1.54, 1.807) is 24.3 Å². The first kappa shape index (κ1) is 12.9. The summed E-state index contributed by atoms with van der Waals surface area (Å²) in [5.41, 5.74) is 0.0948. The molecule has 0 amide bonds. The third kappa shape index (κ3) is 2.12. The Labute approximate surface area is 120 Å². The van der Waals surface area contributed by atoms with Crippen LogP contribution in [0.1, 0.15) is 0 Å². The lowest BCUT2D eigenvalue weighted by Crippen LogP contribution is -2.10. The molecule has 3 rings (SSSR count). The highest BCUT2D eigenvalue weighted by Gasteiger charge is 2.15. The zero-order valence-electron chi connectivity index (χ0n) is 9.95. The highest BCUT2D eigenvalue weighted by atomic mass is 79.9. The van der Waals surface area contributed by atoms with Crippen LogP contribution in [0.4, 0.5) is 8.78 Å². The number of rotatable bonds is 1. The van der Waals surface area contributed by atoms with E-state index in [9.17, 15) is 13.6 Å². The van der Waals surface area contributed by atoms with Gasteiger partial charge in [-0.2, -0.15) is 0 Å². The molecule has 0 unspecified atom stereocenters. The summed E-state index contributed by atoms with van der Waals surface area (Å²) in [5, 5.41) is 0.412. The summed E-state index contributed by atoms with van der Waals surface area (Å²) in [6.45, 7) is 0. The standard InChI is InChI=1S/C14H7BrF2N2O/c15-9-5-7(16)6-10(17)12(9)13-18-11-4-2-1-3-8(11)14(20)19-13/h1-6H,(H,18,19,20). The molecule has 2 aromatic carbocycles. The molecule has 0 radical (unpaired) electrons. The second-order valence-corrected chi connectivity index (χ2v) is 5.03. The van der Waals surface area contributed by atoms with E-state index >= 15 is 0 Å². The Morgan fingerprint density at radius 1 is 1.15 bits per heavy atom. The molecule has 0 bridgehead atoms. The van der Waals surface area contributed by atoms with Gasteiger partial charge in [-0.3, -0.25) is 4.79 Å². The molecule has 20 heavy (non-hydrogen) atoms. The minimum absolute atomic E-state index is 0.0225. The summed E-state index contributed by atoms with van der Waals surface area (Å²) in [4.78, 5) is 18.7. The van der Waals surface area contributed by atoms with Gasteiger partial charge in [0.1, 0.15) is 17.5 Å². The number of hydrogen-bond acceptors (Lipinski definition) is 2. The van der Waals surface area contributed by atoms with E-state index in [-0.39, 0.29) is 21.4 Å². The molecule has 100 valence electrons. The van der Waals surface area contributed by atoms with Crippen LogP contribution in [0.15, 0.2) is 45.7 Å². The predicted molar refractivity (Wildman–Crippen MR) is 75.4 cm³/mol. The van der Waals surface area contributed by atoms with E-state index in [4.69, 9.17) is 0 Å². The fourth-order valence-corrected chi connectivity index (χ4v) is 2.57. The lowest BCUT2D eigenvalue weighted by Gasteiger charge is -2.07. The van der Waals surface area contributed by atoms with Crippen molar-refractivity contribution in [2.45, 2.75) is 0 Å². The minimum atomic E-state index is -0.796. The van der Waals surface area contributed by atoms with Crippen LogP contribution in [0, 0.1) is 11.6 Å². The normalized spacial score (nSPS) is 10.9. The molecule has 0 saturated heterocycles. The fourth-order valence-electron chi connectivity index (χ4n) is 1.97. The highest BCUT2D eigenvalue weighted by Crippen LogP contribution is 2.29. The Morgan fingerprint density at radius 2 is 1.90 bits per heavy atom. The van der Waals surface area contributed by atoms with Crippen molar-refractivity contribution in [2.75, 3.05) is 0 Å². The molecule has 6 heteroatoms. The number of fused-ring (bicyclic) bond motifs is 1. The molecule has 0 aliphatic rings. The van der Waals surface area contributed by atoms with Crippen molar-refractivity contribution in [3.63, 3.8) is 0 Å². The molecule has 1 aromatic heterocycles. The van der Waals surface area contributed by atoms with E-state index < -0.39 is 11.6 Å². The zero-order valence-corrected chi connectivity index (χ0v) is 11.5. The first-order valence-corrected chi connectivity index (χ1v) is 6.49. The fraction of sp³-hybridized carbons (Fsp3) is 0. The van der Waals surface area contributed by atoms with Gasteiger partial charge in [-0.25, -0.2) is 13.8 Å². The third-order valence-electron chi connectivity index (χ3n) is 2.86. The van der Waals surface area contributed by atoms with Crippen molar-refractivity contribution in [2.24, 2.45) is 0 Å². The molecule has 3 aromatic rings. The summed E-state index contributed by atoms with van der Waals surface area (Å²) < 4.78 is 27.2. The molecule has 0 atom stereocenters. The van der Waals surface area contributed by atoms with Crippen LogP contribution in [0.2, 0.25) is 0 Å². The van der Waals surface area contributed by atoms with Crippen molar-refractivity contribution in [3.05, 3.63) is 62.9 Å². The monoisotopic (exact) mass is 336 g/mol. The summed E-state index contributed by atoms with van der Waals surface area (Å²) in [5.74, 6) is -1.45. The molecule has 3 nitrogen and oxygen atoms in total. The number of benzene rings is 2. The van der Waals surface area contributed by atoms with Gasteiger partial charge >= 0.3 is 0 Å². The molecule has 0 aliphatic heterocycles. The summed E-state index contributed by atoms with van der Waals surface area (Å²) in [6, 6.07) is 8.59. The van der Waals surface area contributed by atoms with Gasteiger partial charge in [0, 0.05) is 10.5 Å². The smallest absolute Gasteiger partial charge is 0.259 e. The molecule has 1 heterocycles. The van der Waals surface area contributed by atoms with Crippen LogP contribution in [0.3, 0.4) is 0 Å². The van der Waals surface area contributed by atoms with Crippen LogP contribution >= 0.6 is 15.9 Å². The molecule has 1 N–H and O–H groups in total. The molecular weight excluding hydrogens is 330 g/mol. The number of hydrogen-bond donors (Lipinski definition) is 1. The first-order chi connectivity index (χ1) is 9.56. The van der Waals surface area contributed by atoms with E-state index in [1.165, 1.54) is 0 Å².